The summed E-state index contributed by atoms with van der Waals surface area (Å²) in [6.07, 6.45) is -0.848. The lowest BCUT2D eigenvalue weighted by molar-refractivity contribution is -0.0579. The summed E-state index contributed by atoms with van der Waals surface area (Å²) in [4.78, 5) is 35.9. The molecule has 0 amide bonds. The molecule has 1 aliphatic heterocycles. The summed E-state index contributed by atoms with van der Waals surface area (Å²) in [5.74, 6) is -0.0906. The molecular formula is C17H18ClNO10P2. The maximum Gasteiger partial charge on any atom is 0.513 e. The van der Waals surface area contributed by atoms with Gasteiger partial charge >= 0.3 is 21.3 Å². The van der Waals surface area contributed by atoms with Crippen molar-refractivity contribution >= 4 is 32.9 Å². The molecule has 0 bridgehead atoms. The Morgan fingerprint density at radius 1 is 1.26 bits per heavy atom. The van der Waals surface area contributed by atoms with Crippen LogP contribution in [0.15, 0.2) is 42.7 Å². The molecule has 0 radical (unpaired) electrons. The lowest BCUT2D eigenvalue weighted by Gasteiger charge is -2.41. The van der Waals surface area contributed by atoms with Crippen LogP contribution in [0.3, 0.4) is 0 Å². The molecule has 11 nitrogen and oxygen atoms in total. The van der Waals surface area contributed by atoms with Gasteiger partial charge in [0, 0.05) is 24.4 Å². The third-order valence-electron chi connectivity index (χ3n) is 4.23. The molecule has 2 heterocycles. The molecule has 0 spiro atoms. The second-order valence-corrected chi connectivity index (χ2v) is 11.1. The Bertz CT molecular complexity index is 1040. The molecule has 1 aliphatic rings. The standard InChI is InChI=1S/C17H18ClNO10P2/c1-2-26-16(20)27-14-6-5-12(8-13(14)18)15-28-30(22,23)17(21,31(24,25)29-15)9-11-4-3-7-19-10-11/h3-8,10,15,21H,2,9H2,1H3,(H,22,23)(H,24,25). The number of rotatable bonds is 5. The number of aromatic nitrogens is 1. The predicted molar refractivity (Wildman–Crippen MR) is 107 cm³/mol. The van der Waals surface area contributed by atoms with E-state index in [1.165, 1.54) is 36.7 Å². The zero-order valence-electron chi connectivity index (χ0n) is 16.0. The Balaban J connectivity index is 1.87. The van der Waals surface area contributed by atoms with E-state index < -0.39 is 39.1 Å². The van der Waals surface area contributed by atoms with Crippen molar-refractivity contribution in [2.24, 2.45) is 0 Å². The average Bonchev–Trinajstić information content (AvgIpc) is 2.68. The van der Waals surface area contributed by atoms with Gasteiger partial charge in [0.15, 0.2) is 5.75 Å². The molecule has 2 unspecified atom stereocenters. The summed E-state index contributed by atoms with van der Waals surface area (Å²) in [6, 6.07) is 6.52. The van der Waals surface area contributed by atoms with Crippen molar-refractivity contribution in [3.8, 4) is 5.75 Å². The maximum absolute atomic E-state index is 12.8. The fraction of sp³-hybridized carbons (Fsp3) is 0.294. The second-order valence-electron chi connectivity index (χ2n) is 6.37. The van der Waals surface area contributed by atoms with Crippen LogP contribution in [0.5, 0.6) is 5.75 Å². The van der Waals surface area contributed by atoms with Crippen LogP contribution in [-0.4, -0.2) is 37.7 Å². The number of ether oxygens (including phenoxy) is 2. The van der Waals surface area contributed by atoms with Gasteiger partial charge in [-0.2, -0.15) is 0 Å². The third-order valence-corrected chi connectivity index (χ3v) is 9.12. The van der Waals surface area contributed by atoms with E-state index in [0.29, 0.717) is 0 Å². The Kier molecular flexibility index (Phi) is 6.90. The number of hydrogen-bond acceptors (Lipinski definition) is 9. The first-order chi connectivity index (χ1) is 14.5. The minimum Gasteiger partial charge on any atom is -0.434 e. The summed E-state index contributed by atoms with van der Waals surface area (Å²) >= 11 is 6.04. The minimum absolute atomic E-state index is 0.0341. The first-order valence-corrected chi connectivity index (χ1v) is 12.3. The van der Waals surface area contributed by atoms with E-state index >= 15 is 0 Å². The lowest BCUT2D eigenvalue weighted by atomic mass is 10.2. The Labute approximate surface area is 181 Å². The SMILES string of the molecule is CCOC(=O)Oc1ccc(C2OP(=O)(O)C(O)(Cc3cccnc3)P(=O)(O)O2)cc1Cl. The zero-order valence-corrected chi connectivity index (χ0v) is 18.5. The van der Waals surface area contributed by atoms with Gasteiger partial charge in [-0.05, 0) is 30.7 Å². The largest absolute Gasteiger partial charge is 0.513 e. The Morgan fingerprint density at radius 3 is 2.48 bits per heavy atom. The molecule has 14 heteroatoms. The van der Waals surface area contributed by atoms with Crippen LogP contribution < -0.4 is 4.74 Å². The summed E-state index contributed by atoms with van der Waals surface area (Å²) in [5.41, 5.74) is 0.177. The zero-order chi connectivity index (χ0) is 22.9. The fourth-order valence-corrected chi connectivity index (χ4v) is 6.50. The summed E-state index contributed by atoms with van der Waals surface area (Å²) < 4.78 is 45.1. The van der Waals surface area contributed by atoms with Gasteiger partial charge in [-0.1, -0.05) is 23.7 Å². The summed E-state index contributed by atoms with van der Waals surface area (Å²) in [7, 11) is -10.3. The number of carbonyl (C=O) groups is 1. The monoisotopic (exact) mass is 493 g/mol. The van der Waals surface area contributed by atoms with E-state index in [0.717, 1.165) is 6.07 Å². The van der Waals surface area contributed by atoms with E-state index in [4.69, 9.17) is 25.4 Å². The topological polar surface area (TPSA) is 162 Å². The van der Waals surface area contributed by atoms with Gasteiger partial charge in [-0.15, -0.1) is 0 Å². The number of halogens is 1. The highest BCUT2D eigenvalue weighted by Gasteiger charge is 2.67. The van der Waals surface area contributed by atoms with Gasteiger partial charge in [-0.3, -0.25) is 23.2 Å². The molecule has 2 aromatic rings. The van der Waals surface area contributed by atoms with Crippen molar-refractivity contribution in [2.75, 3.05) is 6.61 Å². The molecule has 0 aliphatic carbocycles. The first-order valence-electron chi connectivity index (χ1n) is 8.77. The predicted octanol–water partition coefficient (Wildman–Crippen LogP) is 3.58. The number of pyridine rings is 1. The molecule has 0 saturated carbocycles. The molecule has 3 rings (SSSR count). The molecule has 2 atom stereocenters. The normalized spacial score (nSPS) is 30.5. The quantitative estimate of drug-likeness (QED) is 0.317. The van der Waals surface area contributed by atoms with E-state index in [9.17, 15) is 28.8 Å². The van der Waals surface area contributed by atoms with Crippen LogP contribution >= 0.6 is 26.8 Å². The molecule has 1 aromatic carbocycles. The Hall–Kier alpha value is -1.81. The van der Waals surface area contributed by atoms with Crippen molar-refractivity contribution in [2.45, 2.75) is 24.7 Å². The number of nitrogens with zero attached hydrogens (tertiary/aromatic N) is 1. The van der Waals surface area contributed by atoms with E-state index in [-0.39, 0.29) is 28.5 Å². The highest BCUT2D eigenvalue weighted by molar-refractivity contribution is 7.73. The van der Waals surface area contributed by atoms with Crippen LogP contribution in [0.25, 0.3) is 0 Å². The highest BCUT2D eigenvalue weighted by Crippen LogP contribution is 2.79. The van der Waals surface area contributed by atoms with Crippen molar-refractivity contribution in [3.05, 3.63) is 58.9 Å². The average molecular weight is 494 g/mol. The van der Waals surface area contributed by atoms with E-state index in [2.05, 4.69) is 9.72 Å². The highest BCUT2D eigenvalue weighted by atomic mass is 35.5. The van der Waals surface area contributed by atoms with Crippen molar-refractivity contribution < 1.29 is 47.3 Å². The fourth-order valence-electron chi connectivity index (χ4n) is 2.69. The minimum atomic E-state index is -5.13. The van der Waals surface area contributed by atoms with E-state index in [1.54, 1.807) is 6.92 Å². The van der Waals surface area contributed by atoms with E-state index in [1.807, 2.05) is 0 Å². The summed E-state index contributed by atoms with van der Waals surface area (Å²) in [6.45, 7) is 1.66. The molecule has 3 N–H and O–H groups in total. The van der Waals surface area contributed by atoms with Gasteiger partial charge in [0.25, 0.3) is 5.08 Å². The number of hydrogen-bond donors (Lipinski definition) is 3. The molecular weight excluding hydrogens is 476 g/mol. The molecule has 1 aromatic heterocycles. The van der Waals surface area contributed by atoms with Crippen LogP contribution in [0.4, 0.5) is 4.79 Å². The van der Waals surface area contributed by atoms with Gasteiger partial charge in [0.05, 0.1) is 11.6 Å². The second kappa shape index (κ2) is 8.97. The van der Waals surface area contributed by atoms with Crippen molar-refractivity contribution in [1.29, 1.82) is 0 Å². The van der Waals surface area contributed by atoms with Gasteiger partial charge in [0.2, 0.25) is 6.29 Å². The molecule has 31 heavy (non-hydrogen) atoms. The number of aliphatic hydroxyl groups is 1. The van der Waals surface area contributed by atoms with Gasteiger partial charge < -0.3 is 24.4 Å². The third kappa shape index (κ3) is 4.84. The number of benzene rings is 1. The van der Waals surface area contributed by atoms with Crippen LogP contribution in [0.1, 0.15) is 24.3 Å². The van der Waals surface area contributed by atoms with Crippen LogP contribution in [-0.2, 0) is 29.3 Å². The maximum atomic E-state index is 12.8. The lowest BCUT2D eigenvalue weighted by Crippen LogP contribution is -2.37. The molecule has 168 valence electrons. The smallest absolute Gasteiger partial charge is 0.434 e. The Morgan fingerprint density at radius 2 is 1.94 bits per heavy atom. The first kappa shape index (κ1) is 23.8. The summed E-state index contributed by atoms with van der Waals surface area (Å²) in [5, 5.41) is 7.45. The number of carbonyl (C=O) groups excluding carboxylic acids is 1. The van der Waals surface area contributed by atoms with Gasteiger partial charge in [0.1, 0.15) is 0 Å². The van der Waals surface area contributed by atoms with Crippen molar-refractivity contribution in [1.82, 2.24) is 4.98 Å². The van der Waals surface area contributed by atoms with Crippen LogP contribution in [0, 0.1) is 0 Å². The molecule has 1 fully saturated rings. The van der Waals surface area contributed by atoms with Crippen molar-refractivity contribution in [3.63, 3.8) is 0 Å². The van der Waals surface area contributed by atoms with Gasteiger partial charge in [-0.25, -0.2) is 4.79 Å². The molecule has 1 saturated heterocycles. The van der Waals surface area contributed by atoms with Crippen LogP contribution in [0.2, 0.25) is 5.02 Å².